The van der Waals surface area contributed by atoms with Crippen LogP contribution in [0.25, 0.3) is 0 Å². The molecular weight excluding hydrogens is 274 g/mol. The standard InChI is InChI=1S/C19H29NO2/c1-19(2,3)12-11-17(18(21)22)20-13-15-9-6-8-14-7-4-5-10-16(14)15/h6,8-9,17,20H,4-5,7,10-13H2,1-3H3,(H,21,22). The van der Waals surface area contributed by atoms with Crippen molar-refractivity contribution in [2.45, 2.75) is 71.9 Å². The monoisotopic (exact) mass is 303 g/mol. The molecule has 0 amide bonds. The molecule has 1 aromatic rings. The second kappa shape index (κ2) is 7.28. The average Bonchev–Trinajstić information content (AvgIpc) is 2.45. The second-order valence-electron chi connectivity index (χ2n) is 7.63. The fourth-order valence-corrected chi connectivity index (χ4v) is 3.15. The van der Waals surface area contributed by atoms with Crippen molar-refractivity contribution in [1.82, 2.24) is 5.32 Å². The van der Waals surface area contributed by atoms with Gasteiger partial charge in [-0.1, -0.05) is 39.0 Å². The highest BCUT2D eigenvalue weighted by Crippen LogP contribution is 2.25. The lowest BCUT2D eigenvalue weighted by molar-refractivity contribution is -0.139. The summed E-state index contributed by atoms with van der Waals surface area (Å²) < 4.78 is 0. The molecule has 0 saturated carbocycles. The van der Waals surface area contributed by atoms with E-state index in [1.807, 2.05) is 0 Å². The lowest BCUT2D eigenvalue weighted by Crippen LogP contribution is -2.37. The summed E-state index contributed by atoms with van der Waals surface area (Å²) in [6.45, 7) is 7.11. The van der Waals surface area contributed by atoms with E-state index in [4.69, 9.17) is 0 Å². The van der Waals surface area contributed by atoms with Crippen LogP contribution in [0.3, 0.4) is 0 Å². The van der Waals surface area contributed by atoms with E-state index < -0.39 is 12.0 Å². The first-order valence-electron chi connectivity index (χ1n) is 8.43. The van der Waals surface area contributed by atoms with Crippen molar-refractivity contribution in [2.75, 3.05) is 0 Å². The van der Waals surface area contributed by atoms with E-state index in [1.165, 1.54) is 29.5 Å². The maximum absolute atomic E-state index is 11.5. The summed E-state index contributed by atoms with van der Waals surface area (Å²) in [4.78, 5) is 11.5. The molecule has 1 aliphatic rings. The minimum absolute atomic E-state index is 0.168. The molecule has 3 heteroatoms. The van der Waals surface area contributed by atoms with Gasteiger partial charge in [0.25, 0.3) is 0 Å². The van der Waals surface area contributed by atoms with Crippen LogP contribution >= 0.6 is 0 Å². The molecule has 2 rings (SSSR count). The molecule has 0 radical (unpaired) electrons. The number of hydrogen-bond donors (Lipinski definition) is 2. The van der Waals surface area contributed by atoms with E-state index >= 15 is 0 Å². The average molecular weight is 303 g/mol. The number of carbonyl (C=O) groups is 1. The highest BCUT2D eigenvalue weighted by molar-refractivity contribution is 5.73. The summed E-state index contributed by atoms with van der Waals surface area (Å²) in [5.41, 5.74) is 4.34. The molecule has 2 N–H and O–H groups in total. The van der Waals surface area contributed by atoms with Gasteiger partial charge >= 0.3 is 5.97 Å². The van der Waals surface area contributed by atoms with Crippen molar-refractivity contribution >= 4 is 5.97 Å². The summed E-state index contributed by atoms with van der Waals surface area (Å²) >= 11 is 0. The molecule has 0 aliphatic heterocycles. The smallest absolute Gasteiger partial charge is 0.320 e. The van der Waals surface area contributed by atoms with E-state index in [-0.39, 0.29) is 5.41 Å². The van der Waals surface area contributed by atoms with E-state index in [2.05, 4.69) is 44.3 Å². The van der Waals surface area contributed by atoms with Gasteiger partial charge in [0.05, 0.1) is 0 Å². The number of rotatable bonds is 6. The number of carboxylic acids is 1. The van der Waals surface area contributed by atoms with E-state index in [1.54, 1.807) is 0 Å². The maximum atomic E-state index is 11.5. The molecule has 0 saturated heterocycles. The molecule has 0 heterocycles. The molecular formula is C19H29NO2. The predicted molar refractivity (Wildman–Crippen MR) is 90.0 cm³/mol. The largest absolute Gasteiger partial charge is 0.480 e. The molecule has 1 aliphatic carbocycles. The van der Waals surface area contributed by atoms with Gasteiger partial charge < -0.3 is 10.4 Å². The highest BCUT2D eigenvalue weighted by Gasteiger charge is 2.21. The summed E-state index contributed by atoms with van der Waals surface area (Å²) in [5.74, 6) is -0.742. The van der Waals surface area contributed by atoms with Crippen LogP contribution in [0.15, 0.2) is 18.2 Å². The Bertz CT molecular complexity index is 517. The van der Waals surface area contributed by atoms with Crippen molar-refractivity contribution in [2.24, 2.45) is 5.41 Å². The van der Waals surface area contributed by atoms with Crippen LogP contribution in [-0.2, 0) is 24.2 Å². The molecule has 0 fully saturated rings. The lowest BCUT2D eigenvalue weighted by Gasteiger charge is -2.23. The molecule has 1 atom stereocenters. The molecule has 0 aromatic heterocycles. The van der Waals surface area contributed by atoms with E-state index in [0.29, 0.717) is 13.0 Å². The van der Waals surface area contributed by atoms with Crippen LogP contribution in [0.4, 0.5) is 0 Å². The van der Waals surface area contributed by atoms with Crippen LogP contribution < -0.4 is 5.32 Å². The highest BCUT2D eigenvalue weighted by atomic mass is 16.4. The Morgan fingerprint density at radius 1 is 1.27 bits per heavy atom. The Morgan fingerprint density at radius 3 is 2.68 bits per heavy atom. The Morgan fingerprint density at radius 2 is 2.00 bits per heavy atom. The van der Waals surface area contributed by atoms with Crippen molar-refractivity contribution in [1.29, 1.82) is 0 Å². The Kier molecular flexibility index (Phi) is 5.63. The fourth-order valence-electron chi connectivity index (χ4n) is 3.15. The summed E-state index contributed by atoms with van der Waals surface area (Å²) in [7, 11) is 0. The number of aliphatic carboxylic acids is 1. The van der Waals surface area contributed by atoms with E-state index in [0.717, 1.165) is 19.3 Å². The summed E-state index contributed by atoms with van der Waals surface area (Å²) in [5, 5.41) is 12.7. The Labute approximate surface area is 134 Å². The lowest BCUT2D eigenvalue weighted by atomic mass is 9.87. The maximum Gasteiger partial charge on any atom is 0.320 e. The molecule has 122 valence electrons. The molecule has 0 bridgehead atoms. The van der Waals surface area contributed by atoms with Crippen LogP contribution in [0.1, 0.15) is 63.1 Å². The number of carboxylic acid groups (broad SMARTS) is 1. The number of hydrogen-bond acceptors (Lipinski definition) is 2. The fraction of sp³-hybridized carbons (Fsp3) is 0.632. The summed E-state index contributed by atoms with van der Waals surface area (Å²) in [6.07, 6.45) is 6.39. The van der Waals surface area contributed by atoms with Crippen molar-refractivity contribution in [3.05, 3.63) is 34.9 Å². The SMILES string of the molecule is CC(C)(C)CCC(NCc1cccc2c1CCCC2)C(=O)O. The summed E-state index contributed by atoms with van der Waals surface area (Å²) in [6, 6.07) is 6.00. The van der Waals surface area contributed by atoms with Gasteiger partial charge in [0.1, 0.15) is 6.04 Å². The topological polar surface area (TPSA) is 49.3 Å². The van der Waals surface area contributed by atoms with E-state index in [9.17, 15) is 9.90 Å². The molecule has 3 nitrogen and oxygen atoms in total. The van der Waals surface area contributed by atoms with Crippen LogP contribution in [0.2, 0.25) is 0 Å². The molecule has 1 unspecified atom stereocenters. The van der Waals surface area contributed by atoms with Gasteiger partial charge in [-0.3, -0.25) is 4.79 Å². The number of aryl methyl sites for hydroxylation is 1. The molecule has 0 spiro atoms. The Balaban J connectivity index is 1.99. The van der Waals surface area contributed by atoms with Crippen LogP contribution in [-0.4, -0.2) is 17.1 Å². The normalized spacial score (nSPS) is 16.1. The number of benzene rings is 1. The first-order valence-corrected chi connectivity index (χ1v) is 8.43. The van der Waals surface area contributed by atoms with Gasteiger partial charge in [0.15, 0.2) is 0 Å². The number of fused-ring (bicyclic) bond motifs is 1. The second-order valence-corrected chi connectivity index (χ2v) is 7.63. The third kappa shape index (κ3) is 4.84. The van der Waals surface area contributed by atoms with Gasteiger partial charge in [-0.25, -0.2) is 0 Å². The third-order valence-corrected chi connectivity index (χ3v) is 4.51. The number of nitrogens with one attached hydrogen (secondary N) is 1. The predicted octanol–water partition coefficient (Wildman–Crippen LogP) is 3.93. The zero-order chi connectivity index (χ0) is 16.2. The molecule has 1 aromatic carbocycles. The van der Waals surface area contributed by atoms with Gasteiger partial charge in [-0.15, -0.1) is 0 Å². The van der Waals surface area contributed by atoms with Gasteiger partial charge in [0.2, 0.25) is 0 Å². The first kappa shape index (κ1) is 17.0. The molecule has 22 heavy (non-hydrogen) atoms. The van der Waals surface area contributed by atoms with Gasteiger partial charge in [-0.2, -0.15) is 0 Å². The van der Waals surface area contributed by atoms with Crippen LogP contribution in [0.5, 0.6) is 0 Å². The minimum Gasteiger partial charge on any atom is -0.480 e. The van der Waals surface area contributed by atoms with Gasteiger partial charge in [0, 0.05) is 6.54 Å². The zero-order valence-corrected chi connectivity index (χ0v) is 14.1. The zero-order valence-electron chi connectivity index (χ0n) is 14.1. The Hall–Kier alpha value is -1.35. The van der Waals surface area contributed by atoms with Crippen molar-refractivity contribution < 1.29 is 9.90 Å². The quantitative estimate of drug-likeness (QED) is 0.837. The minimum atomic E-state index is -0.742. The van der Waals surface area contributed by atoms with Gasteiger partial charge in [-0.05, 0) is 60.6 Å². The van der Waals surface area contributed by atoms with Crippen molar-refractivity contribution in [3.63, 3.8) is 0 Å². The van der Waals surface area contributed by atoms with Crippen molar-refractivity contribution in [3.8, 4) is 0 Å². The third-order valence-electron chi connectivity index (χ3n) is 4.51. The van der Waals surface area contributed by atoms with Crippen LogP contribution in [0, 0.1) is 5.41 Å². The first-order chi connectivity index (χ1) is 10.4.